The van der Waals surface area contributed by atoms with Crippen molar-refractivity contribution in [2.24, 2.45) is 0 Å². The Balaban J connectivity index is 2.08. The van der Waals surface area contributed by atoms with Gasteiger partial charge in [-0.2, -0.15) is 0 Å². The number of hydrogen-bond acceptors (Lipinski definition) is 3. The molecule has 1 aliphatic rings. The summed E-state index contributed by atoms with van der Waals surface area (Å²) in [4.78, 5) is 6.66. The van der Waals surface area contributed by atoms with Gasteiger partial charge in [0.15, 0.2) is 0 Å². The molecule has 2 rings (SSSR count). The minimum atomic E-state index is 0.566. The van der Waals surface area contributed by atoms with Crippen LogP contribution in [-0.2, 0) is 0 Å². The average Bonchev–Trinajstić information content (AvgIpc) is 2.19. The zero-order valence-electron chi connectivity index (χ0n) is 7.90. The molecular weight excluding hydrogens is 162 g/mol. The molecule has 3 heteroatoms. The molecule has 0 aromatic carbocycles. The van der Waals surface area contributed by atoms with Gasteiger partial charge < -0.3 is 10.2 Å². The normalized spacial score (nSPS) is 23.2. The SMILES string of the molecule is C[C@@H]1CN(c2ccccn2)CCN1. The first-order chi connectivity index (χ1) is 6.36. The summed E-state index contributed by atoms with van der Waals surface area (Å²) in [6.07, 6.45) is 1.85. The van der Waals surface area contributed by atoms with Gasteiger partial charge in [-0.15, -0.1) is 0 Å². The third-order valence-electron chi connectivity index (χ3n) is 2.34. The van der Waals surface area contributed by atoms with Crippen molar-refractivity contribution in [2.75, 3.05) is 24.5 Å². The van der Waals surface area contributed by atoms with E-state index in [0.29, 0.717) is 6.04 Å². The minimum absolute atomic E-state index is 0.566. The van der Waals surface area contributed by atoms with Gasteiger partial charge in [-0.3, -0.25) is 0 Å². The molecule has 1 fully saturated rings. The molecule has 3 nitrogen and oxygen atoms in total. The zero-order valence-corrected chi connectivity index (χ0v) is 7.90. The van der Waals surface area contributed by atoms with Gasteiger partial charge >= 0.3 is 0 Å². The Hall–Kier alpha value is -1.09. The van der Waals surface area contributed by atoms with Crippen molar-refractivity contribution >= 4 is 5.82 Å². The summed E-state index contributed by atoms with van der Waals surface area (Å²) >= 11 is 0. The van der Waals surface area contributed by atoms with Gasteiger partial charge in [-0.25, -0.2) is 4.98 Å². The summed E-state index contributed by atoms with van der Waals surface area (Å²) in [5.41, 5.74) is 0. The van der Waals surface area contributed by atoms with Crippen molar-refractivity contribution in [2.45, 2.75) is 13.0 Å². The van der Waals surface area contributed by atoms with Crippen LogP contribution in [0.4, 0.5) is 5.82 Å². The lowest BCUT2D eigenvalue weighted by atomic mass is 10.2. The second-order valence-corrected chi connectivity index (χ2v) is 3.49. The molecule has 0 unspecified atom stereocenters. The smallest absolute Gasteiger partial charge is 0.128 e. The van der Waals surface area contributed by atoms with Crippen molar-refractivity contribution < 1.29 is 0 Å². The number of aromatic nitrogens is 1. The Morgan fingerprint density at radius 1 is 1.54 bits per heavy atom. The van der Waals surface area contributed by atoms with E-state index in [0.717, 1.165) is 25.5 Å². The van der Waals surface area contributed by atoms with Crippen molar-refractivity contribution in [3.8, 4) is 0 Å². The van der Waals surface area contributed by atoms with Crippen LogP contribution in [0.3, 0.4) is 0 Å². The number of nitrogens with zero attached hydrogens (tertiary/aromatic N) is 2. The second kappa shape index (κ2) is 3.75. The molecule has 70 valence electrons. The Bertz CT molecular complexity index is 260. The molecule has 0 aliphatic carbocycles. The number of piperazine rings is 1. The fraction of sp³-hybridized carbons (Fsp3) is 0.500. The van der Waals surface area contributed by atoms with E-state index in [1.54, 1.807) is 0 Å². The highest BCUT2D eigenvalue weighted by Crippen LogP contribution is 2.10. The highest BCUT2D eigenvalue weighted by atomic mass is 15.2. The lowest BCUT2D eigenvalue weighted by Crippen LogP contribution is -2.49. The number of nitrogens with one attached hydrogen (secondary N) is 1. The van der Waals surface area contributed by atoms with Crippen LogP contribution in [0.1, 0.15) is 6.92 Å². The first-order valence-corrected chi connectivity index (χ1v) is 4.75. The molecule has 1 aromatic rings. The van der Waals surface area contributed by atoms with Gasteiger partial charge in [-0.05, 0) is 19.1 Å². The molecule has 0 amide bonds. The van der Waals surface area contributed by atoms with Crippen LogP contribution in [0.15, 0.2) is 24.4 Å². The third kappa shape index (κ3) is 1.98. The highest BCUT2D eigenvalue weighted by Gasteiger charge is 2.15. The fourth-order valence-corrected chi connectivity index (χ4v) is 1.68. The number of pyridine rings is 1. The Morgan fingerprint density at radius 3 is 3.15 bits per heavy atom. The predicted octanol–water partition coefficient (Wildman–Crippen LogP) is 0.880. The highest BCUT2D eigenvalue weighted by molar-refractivity contribution is 5.38. The van der Waals surface area contributed by atoms with Crippen molar-refractivity contribution in [1.29, 1.82) is 0 Å². The van der Waals surface area contributed by atoms with Gasteiger partial charge in [0, 0.05) is 31.9 Å². The van der Waals surface area contributed by atoms with Gasteiger partial charge in [0.05, 0.1) is 0 Å². The van der Waals surface area contributed by atoms with Crippen LogP contribution in [0.25, 0.3) is 0 Å². The number of rotatable bonds is 1. The Morgan fingerprint density at radius 2 is 2.46 bits per heavy atom. The average molecular weight is 177 g/mol. The van der Waals surface area contributed by atoms with E-state index < -0.39 is 0 Å². The summed E-state index contributed by atoms with van der Waals surface area (Å²) in [6, 6.07) is 6.62. The summed E-state index contributed by atoms with van der Waals surface area (Å²) in [5, 5.41) is 3.41. The molecule has 0 bridgehead atoms. The lowest BCUT2D eigenvalue weighted by molar-refractivity contribution is 0.482. The Labute approximate surface area is 78.8 Å². The van der Waals surface area contributed by atoms with Crippen molar-refractivity contribution in [3.63, 3.8) is 0 Å². The zero-order chi connectivity index (χ0) is 9.10. The lowest BCUT2D eigenvalue weighted by Gasteiger charge is -2.32. The quantitative estimate of drug-likeness (QED) is 0.690. The van der Waals surface area contributed by atoms with Crippen LogP contribution in [0.5, 0.6) is 0 Å². The maximum Gasteiger partial charge on any atom is 0.128 e. The molecule has 1 saturated heterocycles. The fourth-order valence-electron chi connectivity index (χ4n) is 1.68. The van der Waals surface area contributed by atoms with Crippen LogP contribution >= 0.6 is 0 Å². The summed E-state index contributed by atoms with van der Waals surface area (Å²) in [7, 11) is 0. The van der Waals surface area contributed by atoms with Crippen LogP contribution in [0.2, 0.25) is 0 Å². The van der Waals surface area contributed by atoms with Crippen molar-refractivity contribution in [3.05, 3.63) is 24.4 Å². The molecule has 1 aromatic heterocycles. The molecule has 0 saturated carbocycles. The summed E-state index contributed by atoms with van der Waals surface area (Å²) in [6.45, 7) is 5.37. The molecule has 0 spiro atoms. The third-order valence-corrected chi connectivity index (χ3v) is 2.34. The maximum absolute atomic E-state index is 4.34. The van der Waals surface area contributed by atoms with E-state index in [2.05, 4.69) is 28.2 Å². The molecule has 1 aliphatic heterocycles. The molecule has 0 radical (unpaired) electrons. The monoisotopic (exact) mass is 177 g/mol. The first-order valence-electron chi connectivity index (χ1n) is 4.75. The van der Waals surface area contributed by atoms with Crippen LogP contribution < -0.4 is 10.2 Å². The summed E-state index contributed by atoms with van der Waals surface area (Å²) < 4.78 is 0. The van der Waals surface area contributed by atoms with E-state index in [9.17, 15) is 0 Å². The van der Waals surface area contributed by atoms with Gasteiger partial charge in [0.25, 0.3) is 0 Å². The molecule has 1 N–H and O–H groups in total. The van der Waals surface area contributed by atoms with Gasteiger partial charge in [0.2, 0.25) is 0 Å². The van der Waals surface area contributed by atoms with Crippen molar-refractivity contribution in [1.82, 2.24) is 10.3 Å². The summed E-state index contributed by atoms with van der Waals surface area (Å²) in [5.74, 6) is 1.09. The maximum atomic E-state index is 4.34. The van der Waals surface area contributed by atoms with Crippen LogP contribution in [-0.4, -0.2) is 30.7 Å². The van der Waals surface area contributed by atoms with Gasteiger partial charge in [-0.1, -0.05) is 6.07 Å². The standard InChI is InChI=1S/C10H15N3/c1-9-8-13(7-6-11-9)10-4-2-3-5-12-10/h2-5,9,11H,6-8H2,1H3/t9-/m1/s1. The van der Waals surface area contributed by atoms with E-state index in [1.807, 2.05) is 18.3 Å². The predicted molar refractivity (Wildman–Crippen MR) is 53.9 cm³/mol. The molecule has 1 atom stereocenters. The molecule has 2 heterocycles. The molecular formula is C10H15N3. The molecule has 13 heavy (non-hydrogen) atoms. The topological polar surface area (TPSA) is 28.2 Å². The van der Waals surface area contributed by atoms with Crippen LogP contribution in [0, 0.1) is 0 Å². The second-order valence-electron chi connectivity index (χ2n) is 3.49. The number of hydrogen-bond donors (Lipinski definition) is 1. The van der Waals surface area contributed by atoms with Gasteiger partial charge in [0.1, 0.15) is 5.82 Å². The van der Waals surface area contributed by atoms with E-state index in [-0.39, 0.29) is 0 Å². The Kier molecular flexibility index (Phi) is 2.45. The minimum Gasteiger partial charge on any atom is -0.354 e. The van der Waals surface area contributed by atoms with E-state index in [1.165, 1.54) is 0 Å². The number of anilines is 1. The van der Waals surface area contributed by atoms with E-state index in [4.69, 9.17) is 0 Å². The first kappa shape index (κ1) is 8.51. The van der Waals surface area contributed by atoms with E-state index >= 15 is 0 Å². The largest absolute Gasteiger partial charge is 0.354 e.